The molecule has 0 radical (unpaired) electrons. The normalized spacial score (nSPS) is 14.4. The first kappa shape index (κ1) is 13.2. The maximum atomic E-state index is 11.7. The molecule has 1 aromatic heterocycles. The van der Waals surface area contributed by atoms with Gasteiger partial charge in [0.05, 0.1) is 12.1 Å². The van der Waals surface area contributed by atoms with Gasteiger partial charge in [0.25, 0.3) is 0 Å². The third kappa shape index (κ3) is 3.94. The largest absolute Gasteiger partial charge is 0.347 e. The van der Waals surface area contributed by atoms with Crippen molar-refractivity contribution in [3.63, 3.8) is 0 Å². The number of hydrogen-bond acceptors (Lipinski definition) is 3. The van der Waals surface area contributed by atoms with Crippen molar-refractivity contribution in [1.82, 2.24) is 5.32 Å². The number of rotatable bonds is 6. The van der Waals surface area contributed by atoms with Gasteiger partial charge >= 0.3 is 0 Å². The van der Waals surface area contributed by atoms with Gasteiger partial charge in [0, 0.05) is 4.88 Å². The van der Waals surface area contributed by atoms with Crippen LogP contribution in [0.2, 0.25) is 0 Å². The molecule has 1 heterocycles. The molecule has 1 rings (SSSR count). The van der Waals surface area contributed by atoms with Gasteiger partial charge in [-0.3, -0.25) is 4.79 Å². The number of carbonyl (C=O) groups is 1. The highest BCUT2D eigenvalue weighted by Crippen LogP contribution is 2.18. The molecule has 0 bridgehead atoms. The summed E-state index contributed by atoms with van der Waals surface area (Å²) in [7, 11) is 0. The Kier molecular flexibility index (Phi) is 5.49. The number of unbranched alkanes of at least 4 members (excludes halogenated alkanes) is 1. The first-order valence-electron chi connectivity index (χ1n) is 5.74. The van der Waals surface area contributed by atoms with Crippen LogP contribution in [0.25, 0.3) is 0 Å². The smallest absolute Gasteiger partial charge is 0.237 e. The number of carbonyl (C=O) groups excluding carboxylic acids is 1. The van der Waals surface area contributed by atoms with E-state index < -0.39 is 0 Å². The number of hydrogen-bond donors (Lipinski definition) is 2. The van der Waals surface area contributed by atoms with E-state index in [1.165, 1.54) is 0 Å². The summed E-state index contributed by atoms with van der Waals surface area (Å²) in [6.07, 6.45) is 2.84. The van der Waals surface area contributed by atoms with Crippen molar-refractivity contribution in [2.24, 2.45) is 5.73 Å². The van der Waals surface area contributed by atoms with Gasteiger partial charge in [-0.2, -0.15) is 0 Å². The minimum Gasteiger partial charge on any atom is -0.347 e. The van der Waals surface area contributed by atoms with E-state index in [4.69, 9.17) is 5.73 Å². The average Bonchev–Trinajstić information content (AvgIpc) is 2.79. The number of nitrogens with one attached hydrogen (secondary N) is 1. The van der Waals surface area contributed by atoms with E-state index in [0.29, 0.717) is 0 Å². The lowest BCUT2D eigenvalue weighted by molar-refractivity contribution is -0.123. The summed E-state index contributed by atoms with van der Waals surface area (Å²) in [6, 6.07) is 3.69. The Morgan fingerprint density at radius 3 is 2.94 bits per heavy atom. The van der Waals surface area contributed by atoms with Crippen LogP contribution >= 0.6 is 11.3 Å². The molecule has 0 unspecified atom stereocenters. The van der Waals surface area contributed by atoms with Crippen LogP contribution in [0.1, 0.15) is 44.0 Å². The number of thiophene rings is 1. The average molecular weight is 240 g/mol. The molecule has 0 aliphatic rings. The molecule has 16 heavy (non-hydrogen) atoms. The Morgan fingerprint density at radius 1 is 1.62 bits per heavy atom. The van der Waals surface area contributed by atoms with E-state index in [0.717, 1.165) is 24.1 Å². The van der Waals surface area contributed by atoms with Crippen molar-refractivity contribution >= 4 is 17.2 Å². The predicted octanol–water partition coefficient (Wildman–Crippen LogP) is 2.44. The Balaban J connectivity index is 2.39. The quantitative estimate of drug-likeness (QED) is 0.802. The third-order valence-corrected chi connectivity index (χ3v) is 3.59. The molecule has 0 aliphatic carbocycles. The molecule has 0 saturated carbocycles. The van der Waals surface area contributed by atoms with Crippen LogP contribution in [0.4, 0.5) is 0 Å². The molecule has 0 aliphatic heterocycles. The second-order valence-electron chi connectivity index (χ2n) is 3.99. The zero-order valence-electron chi connectivity index (χ0n) is 9.90. The van der Waals surface area contributed by atoms with E-state index in [1.807, 2.05) is 24.4 Å². The SMILES string of the molecule is CCCC[C@H](N)C(=O)N[C@@H](C)c1cccs1. The lowest BCUT2D eigenvalue weighted by atomic mass is 10.1. The second-order valence-corrected chi connectivity index (χ2v) is 4.97. The zero-order chi connectivity index (χ0) is 12.0. The fraction of sp³-hybridized carbons (Fsp3) is 0.583. The standard InChI is InChI=1S/C12H20N2OS/c1-3-4-6-10(13)12(15)14-9(2)11-7-5-8-16-11/h5,7-10H,3-4,6,13H2,1-2H3,(H,14,15)/t9-,10-/m0/s1. The second kappa shape index (κ2) is 6.66. The van der Waals surface area contributed by atoms with E-state index in [9.17, 15) is 4.79 Å². The molecule has 1 amide bonds. The van der Waals surface area contributed by atoms with Crippen LogP contribution in [0.5, 0.6) is 0 Å². The summed E-state index contributed by atoms with van der Waals surface area (Å²) >= 11 is 1.65. The van der Waals surface area contributed by atoms with Gasteiger partial charge in [-0.15, -0.1) is 11.3 Å². The van der Waals surface area contributed by atoms with Crippen molar-refractivity contribution in [1.29, 1.82) is 0 Å². The summed E-state index contributed by atoms with van der Waals surface area (Å²) < 4.78 is 0. The van der Waals surface area contributed by atoms with Crippen LogP contribution in [-0.4, -0.2) is 11.9 Å². The lowest BCUT2D eigenvalue weighted by Gasteiger charge is -2.16. The molecule has 4 heteroatoms. The summed E-state index contributed by atoms with van der Waals surface area (Å²) in [5.41, 5.74) is 5.80. The van der Waals surface area contributed by atoms with Gasteiger partial charge in [-0.05, 0) is 24.8 Å². The molecule has 0 saturated heterocycles. The lowest BCUT2D eigenvalue weighted by Crippen LogP contribution is -2.41. The fourth-order valence-corrected chi connectivity index (χ4v) is 2.22. The molecular weight excluding hydrogens is 220 g/mol. The number of nitrogens with two attached hydrogens (primary N) is 1. The summed E-state index contributed by atoms with van der Waals surface area (Å²) in [5.74, 6) is -0.0469. The summed E-state index contributed by atoms with van der Waals surface area (Å²) in [4.78, 5) is 12.9. The van der Waals surface area contributed by atoms with Crippen molar-refractivity contribution in [2.75, 3.05) is 0 Å². The minimum absolute atomic E-state index is 0.0469. The topological polar surface area (TPSA) is 55.1 Å². The molecule has 90 valence electrons. The van der Waals surface area contributed by atoms with E-state index in [2.05, 4.69) is 12.2 Å². The molecule has 0 spiro atoms. The first-order chi connectivity index (χ1) is 7.65. The van der Waals surface area contributed by atoms with Crippen molar-refractivity contribution in [2.45, 2.75) is 45.2 Å². The molecule has 2 atom stereocenters. The van der Waals surface area contributed by atoms with E-state index >= 15 is 0 Å². The Morgan fingerprint density at radius 2 is 2.38 bits per heavy atom. The van der Waals surface area contributed by atoms with Crippen LogP contribution in [0, 0.1) is 0 Å². The van der Waals surface area contributed by atoms with Crippen LogP contribution < -0.4 is 11.1 Å². The molecule has 1 aromatic rings. The van der Waals surface area contributed by atoms with Crippen LogP contribution in [0.3, 0.4) is 0 Å². The summed E-state index contributed by atoms with van der Waals surface area (Å²) in [6.45, 7) is 4.08. The van der Waals surface area contributed by atoms with Gasteiger partial charge in [-0.1, -0.05) is 25.8 Å². The van der Waals surface area contributed by atoms with Crippen molar-refractivity contribution in [3.05, 3.63) is 22.4 Å². The fourth-order valence-electron chi connectivity index (χ4n) is 1.48. The van der Waals surface area contributed by atoms with Crippen LogP contribution in [0.15, 0.2) is 17.5 Å². The van der Waals surface area contributed by atoms with Crippen molar-refractivity contribution < 1.29 is 4.79 Å². The molecule has 0 fully saturated rings. The maximum absolute atomic E-state index is 11.7. The Bertz CT molecular complexity index is 311. The van der Waals surface area contributed by atoms with E-state index in [1.54, 1.807) is 11.3 Å². The van der Waals surface area contributed by atoms with E-state index in [-0.39, 0.29) is 18.0 Å². The van der Waals surface area contributed by atoms with Crippen molar-refractivity contribution in [3.8, 4) is 0 Å². The number of amides is 1. The first-order valence-corrected chi connectivity index (χ1v) is 6.62. The molecule has 0 aromatic carbocycles. The van der Waals surface area contributed by atoms with Gasteiger partial charge in [-0.25, -0.2) is 0 Å². The predicted molar refractivity (Wildman–Crippen MR) is 68.4 cm³/mol. The summed E-state index contributed by atoms with van der Waals surface area (Å²) in [5, 5.41) is 4.95. The molecular formula is C12H20N2OS. The Hall–Kier alpha value is -0.870. The van der Waals surface area contributed by atoms with Gasteiger partial charge in [0.1, 0.15) is 0 Å². The van der Waals surface area contributed by atoms with Gasteiger partial charge < -0.3 is 11.1 Å². The van der Waals surface area contributed by atoms with Gasteiger partial charge in [0.15, 0.2) is 0 Å². The molecule has 3 N–H and O–H groups in total. The Labute approximate surface area is 101 Å². The highest BCUT2D eigenvalue weighted by molar-refractivity contribution is 7.10. The third-order valence-electron chi connectivity index (χ3n) is 2.53. The minimum atomic E-state index is -0.373. The molecule has 3 nitrogen and oxygen atoms in total. The highest BCUT2D eigenvalue weighted by atomic mass is 32.1. The van der Waals surface area contributed by atoms with Gasteiger partial charge in [0.2, 0.25) is 5.91 Å². The zero-order valence-corrected chi connectivity index (χ0v) is 10.7. The maximum Gasteiger partial charge on any atom is 0.237 e. The highest BCUT2D eigenvalue weighted by Gasteiger charge is 2.16. The van der Waals surface area contributed by atoms with Crippen LogP contribution in [-0.2, 0) is 4.79 Å². The monoisotopic (exact) mass is 240 g/mol.